The molecule has 0 radical (unpaired) electrons. The highest BCUT2D eigenvalue weighted by Crippen LogP contribution is 2.23. The lowest BCUT2D eigenvalue weighted by molar-refractivity contribution is 0.0682. The summed E-state index contributed by atoms with van der Waals surface area (Å²) in [6, 6.07) is 7.37. The molecule has 0 aliphatic carbocycles. The van der Waals surface area contributed by atoms with Gasteiger partial charge in [-0.1, -0.05) is 30.7 Å². The minimum absolute atomic E-state index is 0.000781. The van der Waals surface area contributed by atoms with E-state index in [2.05, 4.69) is 22.2 Å². The van der Waals surface area contributed by atoms with Gasteiger partial charge in [0, 0.05) is 25.5 Å². The number of aromatic nitrogens is 2. The summed E-state index contributed by atoms with van der Waals surface area (Å²) in [6.07, 6.45) is 5.36. The van der Waals surface area contributed by atoms with Crippen LogP contribution in [0.2, 0.25) is 5.02 Å². The number of amides is 1. The van der Waals surface area contributed by atoms with E-state index in [0.29, 0.717) is 22.5 Å². The van der Waals surface area contributed by atoms with Gasteiger partial charge in [0.25, 0.3) is 5.91 Å². The van der Waals surface area contributed by atoms with Crippen LogP contribution in [-0.4, -0.2) is 33.9 Å². The SMILES string of the molecule is CC1CCCN(C(=O)c2cnc(Nc3ccccc3Cl)nc2)C1. The van der Waals surface area contributed by atoms with Gasteiger partial charge in [0.1, 0.15) is 0 Å². The number of benzene rings is 1. The number of nitrogens with zero attached hydrogens (tertiary/aromatic N) is 3. The maximum atomic E-state index is 12.5. The van der Waals surface area contributed by atoms with E-state index in [1.165, 1.54) is 6.42 Å². The predicted molar refractivity (Wildman–Crippen MR) is 91.1 cm³/mol. The van der Waals surface area contributed by atoms with Crippen molar-refractivity contribution in [2.75, 3.05) is 18.4 Å². The van der Waals surface area contributed by atoms with E-state index in [0.717, 1.165) is 25.2 Å². The van der Waals surface area contributed by atoms with Crippen LogP contribution in [0.1, 0.15) is 30.1 Å². The van der Waals surface area contributed by atoms with Gasteiger partial charge < -0.3 is 10.2 Å². The molecule has 1 atom stereocenters. The van der Waals surface area contributed by atoms with Crippen molar-refractivity contribution >= 4 is 29.1 Å². The number of nitrogens with one attached hydrogen (secondary N) is 1. The first kappa shape index (κ1) is 15.7. The van der Waals surface area contributed by atoms with Gasteiger partial charge >= 0.3 is 0 Å². The third-order valence-corrected chi connectivity index (χ3v) is 4.29. The Bertz CT molecular complexity index is 689. The highest BCUT2D eigenvalue weighted by Gasteiger charge is 2.22. The van der Waals surface area contributed by atoms with Crippen LogP contribution in [0.4, 0.5) is 11.6 Å². The molecule has 120 valence electrons. The first-order chi connectivity index (χ1) is 11.1. The van der Waals surface area contributed by atoms with E-state index in [1.807, 2.05) is 23.1 Å². The van der Waals surface area contributed by atoms with Crippen molar-refractivity contribution < 1.29 is 4.79 Å². The molecule has 0 bridgehead atoms. The summed E-state index contributed by atoms with van der Waals surface area (Å²) in [4.78, 5) is 22.8. The van der Waals surface area contributed by atoms with Crippen molar-refractivity contribution in [1.82, 2.24) is 14.9 Å². The Morgan fingerprint density at radius 3 is 2.74 bits per heavy atom. The topological polar surface area (TPSA) is 58.1 Å². The van der Waals surface area contributed by atoms with Crippen LogP contribution in [0.25, 0.3) is 0 Å². The molecule has 1 fully saturated rings. The van der Waals surface area contributed by atoms with Gasteiger partial charge in [-0.15, -0.1) is 0 Å². The number of piperidine rings is 1. The Kier molecular flexibility index (Phi) is 4.76. The average molecular weight is 331 g/mol. The zero-order chi connectivity index (χ0) is 16.2. The van der Waals surface area contributed by atoms with Gasteiger partial charge in [0.05, 0.1) is 16.3 Å². The van der Waals surface area contributed by atoms with E-state index in [1.54, 1.807) is 18.5 Å². The number of para-hydroxylation sites is 1. The van der Waals surface area contributed by atoms with Crippen molar-refractivity contribution in [3.05, 3.63) is 47.2 Å². The van der Waals surface area contributed by atoms with Crippen molar-refractivity contribution in [3.63, 3.8) is 0 Å². The highest BCUT2D eigenvalue weighted by atomic mass is 35.5. The number of likely N-dealkylation sites (tertiary alicyclic amines) is 1. The minimum atomic E-state index is 0.000781. The Balaban J connectivity index is 1.69. The number of hydrogen-bond acceptors (Lipinski definition) is 4. The number of carbonyl (C=O) groups excluding carboxylic acids is 1. The molecule has 2 aromatic rings. The zero-order valence-electron chi connectivity index (χ0n) is 13.0. The second-order valence-electron chi connectivity index (χ2n) is 5.90. The molecule has 0 saturated carbocycles. The van der Waals surface area contributed by atoms with Crippen LogP contribution in [0.5, 0.6) is 0 Å². The van der Waals surface area contributed by atoms with Crippen LogP contribution in [0.3, 0.4) is 0 Å². The first-order valence-electron chi connectivity index (χ1n) is 7.76. The lowest BCUT2D eigenvalue weighted by Gasteiger charge is -2.30. The van der Waals surface area contributed by atoms with Gasteiger partial charge in [-0.3, -0.25) is 4.79 Å². The largest absolute Gasteiger partial charge is 0.338 e. The molecule has 1 unspecified atom stereocenters. The quantitative estimate of drug-likeness (QED) is 0.931. The molecule has 1 saturated heterocycles. The number of anilines is 2. The summed E-state index contributed by atoms with van der Waals surface area (Å²) in [5.74, 6) is 0.970. The molecule has 3 rings (SSSR count). The molecule has 6 heteroatoms. The molecule has 1 aromatic heterocycles. The molecular formula is C17H19ClN4O. The Hall–Kier alpha value is -2.14. The maximum absolute atomic E-state index is 12.5. The second kappa shape index (κ2) is 6.96. The van der Waals surface area contributed by atoms with Crippen LogP contribution in [-0.2, 0) is 0 Å². The van der Waals surface area contributed by atoms with E-state index in [-0.39, 0.29) is 5.91 Å². The van der Waals surface area contributed by atoms with Crippen molar-refractivity contribution in [1.29, 1.82) is 0 Å². The number of rotatable bonds is 3. The molecule has 1 amide bonds. The average Bonchev–Trinajstić information content (AvgIpc) is 2.57. The predicted octanol–water partition coefficient (Wildman–Crippen LogP) is 3.75. The molecule has 0 spiro atoms. The Labute approximate surface area is 140 Å². The van der Waals surface area contributed by atoms with Gasteiger partial charge in [0.15, 0.2) is 0 Å². The van der Waals surface area contributed by atoms with E-state index >= 15 is 0 Å². The summed E-state index contributed by atoms with van der Waals surface area (Å²) < 4.78 is 0. The molecule has 1 N–H and O–H groups in total. The fraction of sp³-hybridized carbons (Fsp3) is 0.353. The third-order valence-electron chi connectivity index (χ3n) is 3.96. The van der Waals surface area contributed by atoms with Crippen LogP contribution < -0.4 is 5.32 Å². The van der Waals surface area contributed by atoms with Crippen molar-refractivity contribution in [3.8, 4) is 0 Å². The summed E-state index contributed by atoms with van der Waals surface area (Å²) in [6.45, 7) is 3.79. The minimum Gasteiger partial charge on any atom is -0.338 e. The second-order valence-corrected chi connectivity index (χ2v) is 6.31. The molecule has 1 aliphatic rings. The summed E-state index contributed by atoms with van der Waals surface area (Å²) in [7, 11) is 0. The molecule has 1 aromatic carbocycles. The van der Waals surface area contributed by atoms with Crippen LogP contribution >= 0.6 is 11.6 Å². The summed E-state index contributed by atoms with van der Waals surface area (Å²) in [5.41, 5.74) is 1.25. The standard InChI is InChI=1S/C17H19ClN4O/c1-12-5-4-8-22(11-12)16(23)13-9-19-17(20-10-13)21-15-7-3-2-6-14(15)18/h2-3,6-7,9-10,12H,4-5,8,11H2,1H3,(H,19,20,21). The van der Waals surface area contributed by atoms with Gasteiger partial charge in [0.2, 0.25) is 5.95 Å². The van der Waals surface area contributed by atoms with Crippen LogP contribution in [0.15, 0.2) is 36.7 Å². The molecule has 2 heterocycles. The summed E-state index contributed by atoms with van der Waals surface area (Å²) >= 11 is 6.09. The lowest BCUT2D eigenvalue weighted by Crippen LogP contribution is -2.39. The Morgan fingerprint density at radius 1 is 1.30 bits per heavy atom. The number of hydrogen-bond donors (Lipinski definition) is 1. The van der Waals surface area contributed by atoms with Crippen molar-refractivity contribution in [2.24, 2.45) is 5.92 Å². The molecular weight excluding hydrogens is 312 g/mol. The number of halogens is 1. The van der Waals surface area contributed by atoms with Crippen LogP contribution in [0, 0.1) is 5.92 Å². The third kappa shape index (κ3) is 3.79. The number of carbonyl (C=O) groups is 1. The summed E-state index contributed by atoms with van der Waals surface area (Å²) in [5, 5.41) is 3.64. The van der Waals surface area contributed by atoms with Gasteiger partial charge in [-0.2, -0.15) is 0 Å². The molecule has 1 aliphatic heterocycles. The van der Waals surface area contributed by atoms with E-state index in [9.17, 15) is 4.79 Å². The smallest absolute Gasteiger partial charge is 0.257 e. The maximum Gasteiger partial charge on any atom is 0.257 e. The van der Waals surface area contributed by atoms with E-state index < -0.39 is 0 Å². The molecule has 23 heavy (non-hydrogen) atoms. The normalized spacial score (nSPS) is 17.8. The highest BCUT2D eigenvalue weighted by molar-refractivity contribution is 6.33. The monoisotopic (exact) mass is 330 g/mol. The van der Waals surface area contributed by atoms with Gasteiger partial charge in [-0.05, 0) is 30.9 Å². The molecule has 5 nitrogen and oxygen atoms in total. The van der Waals surface area contributed by atoms with E-state index in [4.69, 9.17) is 11.6 Å². The zero-order valence-corrected chi connectivity index (χ0v) is 13.8. The Morgan fingerprint density at radius 2 is 2.04 bits per heavy atom. The van der Waals surface area contributed by atoms with Crippen molar-refractivity contribution in [2.45, 2.75) is 19.8 Å². The lowest BCUT2D eigenvalue weighted by atomic mass is 10.00. The first-order valence-corrected chi connectivity index (χ1v) is 8.14. The fourth-order valence-electron chi connectivity index (χ4n) is 2.74. The fourth-order valence-corrected chi connectivity index (χ4v) is 2.93. The van der Waals surface area contributed by atoms with Gasteiger partial charge in [-0.25, -0.2) is 9.97 Å².